The van der Waals surface area contributed by atoms with Crippen LogP contribution in [-0.4, -0.2) is 44.3 Å². The summed E-state index contributed by atoms with van der Waals surface area (Å²) in [5.74, 6) is 0.856. The molecule has 1 heterocycles. The summed E-state index contributed by atoms with van der Waals surface area (Å²) in [4.78, 5) is 8.96. The highest BCUT2D eigenvalue weighted by Gasteiger charge is 2.17. The first kappa shape index (κ1) is 23.6. The molecule has 0 fully saturated rings. The van der Waals surface area contributed by atoms with E-state index in [0.29, 0.717) is 0 Å². The quantitative estimate of drug-likeness (QED) is 0.252. The minimum absolute atomic E-state index is 0. The third-order valence-electron chi connectivity index (χ3n) is 3.39. The third kappa shape index (κ3) is 9.78. The average molecular weight is 468 g/mol. The standard InChI is InChI=1S/C17H32N4OS.HI/c1-6-22-12-8-7-10-19-16(18-5)20-11-9-15-21-14(13-23-15)17(2,3)4;/h13H,6-12H2,1-5H3,(H2,18,19,20);1H. The number of hydrogen-bond acceptors (Lipinski definition) is 4. The fourth-order valence-electron chi connectivity index (χ4n) is 1.96. The van der Waals surface area contributed by atoms with E-state index in [0.717, 1.165) is 51.5 Å². The van der Waals surface area contributed by atoms with Crippen molar-refractivity contribution in [2.24, 2.45) is 4.99 Å². The van der Waals surface area contributed by atoms with Crippen LogP contribution in [-0.2, 0) is 16.6 Å². The normalized spacial score (nSPS) is 12.0. The molecular formula is C17H33IN4OS. The van der Waals surface area contributed by atoms with E-state index in [2.05, 4.69) is 41.8 Å². The molecule has 7 heteroatoms. The van der Waals surface area contributed by atoms with Crippen LogP contribution in [0.2, 0.25) is 0 Å². The maximum absolute atomic E-state index is 5.33. The number of unbranched alkanes of at least 4 members (excludes halogenated alkanes) is 1. The summed E-state index contributed by atoms with van der Waals surface area (Å²) < 4.78 is 5.33. The van der Waals surface area contributed by atoms with Crippen molar-refractivity contribution in [3.63, 3.8) is 0 Å². The number of thiazole rings is 1. The summed E-state index contributed by atoms with van der Waals surface area (Å²) in [6.07, 6.45) is 3.08. The maximum atomic E-state index is 5.33. The number of nitrogens with zero attached hydrogens (tertiary/aromatic N) is 2. The van der Waals surface area contributed by atoms with Gasteiger partial charge in [-0.3, -0.25) is 4.99 Å². The molecule has 0 atom stereocenters. The number of halogens is 1. The highest BCUT2D eigenvalue weighted by atomic mass is 127. The molecule has 0 aliphatic heterocycles. The molecule has 140 valence electrons. The Bertz CT molecular complexity index is 471. The number of aromatic nitrogens is 1. The molecule has 1 aromatic heterocycles. The second-order valence-corrected chi connectivity index (χ2v) is 7.40. The zero-order valence-electron chi connectivity index (χ0n) is 15.6. The molecule has 5 nitrogen and oxygen atoms in total. The molecule has 0 bridgehead atoms. The van der Waals surface area contributed by atoms with Gasteiger partial charge < -0.3 is 15.4 Å². The lowest BCUT2D eigenvalue weighted by molar-refractivity contribution is 0.143. The van der Waals surface area contributed by atoms with Gasteiger partial charge in [-0.15, -0.1) is 35.3 Å². The van der Waals surface area contributed by atoms with Gasteiger partial charge in [0.25, 0.3) is 0 Å². The van der Waals surface area contributed by atoms with Crippen LogP contribution in [0.5, 0.6) is 0 Å². The minimum atomic E-state index is 0. The predicted octanol–water partition coefficient (Wildman–Crippen LogP) is 3.58. The molecule has 0 amide bonds. The molecule has 0 aliphatic rings. The van der Waals surface area contributed by atoms with E-state index in [1.165, 1.54) is 10.7 Å². The second-order valence-electron chi connectivity index (χ2n) is 6.46. The van der Waals surface area contributed by atoms with Gasteiger partial charge >= 0.3 is 0 Å². The van der Waals surface area contributed by atoms with Gasteiger partial charge in [-0.2, -0.15) is 0 Å². The van der Waals surface area contributed by atoms with Crippen molar-refractivity contribution in [2.45, 2.75) is 52.4 Å². The topological polar surface area (TPSA) is 58.5 Å². The van der Waals surface area contributed by atoms with Crippen molar-refractivity contribution >= 4 is 41.3 Å². The number of ether oxygens (including phenoxy) is 1. The van der Waals surface area contributed by atoms with Gasteiger partial charge in [-0.05, 0) is 19.8 Å². The van der Waals surface area contributed by atoms with Crippen LogP contribution in [0.4, 0.5) is 0 Å². The van der Waals surface area contributed by atoms with E-state index in [1.807, 2.05) is 6.92 Å². The van der Waals surface area contributed by atoms with Gasteiger partial charge in [0.1, 0.15) is 0 Å². The third-order valence-corrected chi connectivity index (χ3v) is 4.30. The fourth-order valence-corrected chi connectivity index (χ4v) is 2.98. The molecule has 2 N–H and O–H groups in total. The highest BCUT2D eigenvalue weighted by Crippen LogP contribution is 2.23. The van der Waals surface area contributed by atoms with Crippen LogP contribution in [0.25, 0.3) is 0 Å². The number of aliphatic imine (C=N–C) groups is 1. The summed E-state index contributed by atoms with van der Waals surface area (Å²) in [6, 6.07) is 0. The maximum Gasteiger partial charge on any atom is 0.190 e. The molecule has 0 saturated carbocycles. The first-order valence-corrected chi connectivity index (χ1v) is 9.32. The largest absolute Gasteiger partial charge is 0.382 e. The Hall–Kier alpha value is -0.410. The molecule has 0 saturated heterocycles. The lowest BCUT2D eigenvalue weighted by atomic mass is 9.93. The number of guanidine groups is 1. The molecule has 0 spiro atoms. The molecule has 1 aromatic rings. The summed E-state index contributed by atoms with van der Waals surface area (Å²) in [5, 5.41) is 10.0. The summed E-state index contributed by atoms with van der Waals surface area (Å²) in [6.45, 7) is 12.0. The monoisotopic (exact) mass is 468 g/mol. The van der Waals surface area contributed by atoms with E-state index in [9.17, 15) is 0 Å². The predicted molar refractivity (Wildman–Crippen MR) is 115 cm³/mol. The lowest BCUT2D eigenvalue weighted by Crippen LogP contribution is -2.38. The lowest BCUT2D eigenvalue weighted by Gasteiger charge is -2.14. The van der Waals surface area contributed by atoms with E-state index >= 15 is 0 Å². The summed E-state index contributed by atoms with van der Waals surface area (Å²) in [7, 11) is 1.80. The Morgan fingerprint density at radius 3 is 2.54 bits per heavy atom. The summed E-state index contributed by atoms with van der Waals surface area (Å²) >= 11 is 1.74. The zero-order chi connectivity index (χ0) is 17.1. The van der Waals surface area contributed by atoms with Crippen molar-refractivity contribution in [1.82, 2.24) is 15.6 Å². The average Bonchev–Trinajstić information content (AvgIpc) is 2.98. The Labute approximate surface area is 168 Å². The van der Waals surface area contributed by atoms with E-state index < -0.39 is 0 Å². The molecule has 0 aliphatic carbocycles. The van der Waals surface area contributed by atoms with Crippen LogP contribution in [0.15, 0.2) is 10.4 Å². The molecule has 0 aromatic carbocycles. The zero-order valence-corrected chi connectivity index (χ0v) is 18.8. The van der Waals surface area contributed by atoms with E-state index in [1.54, 1.807) is 18.4 Å². The van der Waals surface area contributed by atoms with Gasteiger partial charge in [-0.1, -0.05) is 20.8 Å². The van der Waals surface area contributed by atoms with Crippen LogP contribution in [0.1, 0.15) is 51.2 Å². The smallest absolute Gasteiger partial charge is 0.190 e. The van der Waals surface area contributed by atoms with Gasteiger partial charge in [-0.25, -0.2) is 4.98 Å². The molecule has 1 rings (SSSR count). The van der Waals surface area contributed by atoms with Gasteiger partial charge in [0.2, 0.25) is 0 Å². The number of hydrogen-bond donors (Lipinski definition) is 2. The van der Waals surface area contributed by atoms with Gasteiger partial charge in [0, 0.05) is 50.6 Å². The Morgan fingerprint density at radius 2 is 1.96 bits per heavy atom. The Balaban J connectivity index is 0.00000529. The minimum Gasteiger partial charge on any atom is -0.382 e. The van der Waals surface area contributed by atoms with Crippen molar-refractivity contribution in [2.75, 3.05) is 33.4 Å². The highest BCUT2D eigenvalue weighted by molar-refractivity contribution is 14.0. The SMILES string of the molecule is CCOCCCCNC(=NC)NCCc1nc(C(C)(C)C)cs1.I. The number of nitrogens with one attached hydrogen (secondary N) is 2. The van der Waals surface area contributed by atoms with Crippen molar-refractivity contribution in [1.29, 1.82) is 0 Å². The summed E-state index contributed by atoms with van der Waals surface area (Å²) in [5.41, 5.74) is 1.30. The fraction of sp³-hybridized carbons (Fsp3) is 0.765. The molecule has 0 radical (unpaired) electrons. The van der Waals surface area contributed by atoms with Crippen LogP contribution in [0.3, 0.4) is 0 Å². The van der Waals surface area contributed by atoms with Crippen LogP contribution < -0.4 is 10.6 Å². The van der Waals surface area contributed by atoms with E-state index in [4.69, 9.17) is 9.72 Å². The van der Waals surface area contributed by atoms with Crippen molar-refractivity contribution in [3.8, 4) is 0 Å². The first-order valence-electron chi connectivity index (χ1n) is 8.44. The second kappa shape index (κ2) is 12.9. The number of rotatable bonds is 9. The van der Waals surface area contributed by atoms with Gasteiger partial charge in [0.05, 0.1) is 10.7 Å². The van der Waals surface area contributed by atoms with Crippen molar-refractivity contribution < 1.29 is 4.74 Å². The van der Waals surface area contributed by atoms with Gasteiger partial charge in [0.15, 0.2) is 5.96 Å². The van der Waals surface area contributed by atoms with Crippen LogP contribution >= 0.6 is 35.3 Å². The Kier molecular flexibility index (Phi) is 12.7. The molecule has 0 unspecified atom stereocenters. The van der Waals surface area contributed by atoms with E-state index in [-0.39, 0.29) is 29.4 Å². The van der Waals surface area contributed by atoms with Crippen LogP contribution in [0, 0.1) is 0 Å². The Morgan fingerprint density at radius 1 is 1.25 bits per heavy atom. The molecule has 24 heavy (non-hydrogen) atoms. The first-order chi connectivity index (χ1) is 11.0. The van der Waals surface area contributed by atoms with Crippen molar-refractivity contribution in [3.05, 3.63) is 16.1 Å². The molecular weight excluding hydrogens is 435 g/mol.